The van der Waals surface area contributed by atoms with Gasteiger partial charge in [-0.3, -0.25) is 9.59 Å². The molecule has 0 aromatic heterocycles. The fraction of sp³-hybridized carbons (Fsp3) is 0.579. The molecule has 0 bridgehead atoms. The minimum Gasteiger partial charge on any atom is -0.378 e. The van der Waals surface area contributed by atoms with E-state index in [0.717, 1.165) is 44.5 Å². The molecule has 0 unspecified atom stereocenters. The average Bonchev–Trinajstić information content (AvgIpc) is 2.60. The Balaban J connectivity index is 1.84. The molecule has 0 atom stereocenters. The fourth-order valence-corrected chi connectivity index (χ4v) is 2.95. The van der Waals surface area contributed by atoms with E-state index < -0.39 is 0 Å². The topological polar surface area (TPSA) is 52.7 Å². The highest BCUT2D eigenvalue weighted by Crippen LogP contribution is 2.16. The van der Waals surface area contributed by atoms with Crippen molar-refractivity contribution in [3.05, 3.63) is 29.8 Å². The number of anilines is 1. The van der Waals surface area contributed by atoms with E-state index in [0.29, 0.717) is 12.0 Å². The Labute approximate surface area is 145 Å². The van der Waals surface area contributed by atoms with Gasteiger partial charge in [-0.15, -0.1) is 0 Å². The van der Waals surface area contributed by atoms with Crippen LogP contribution in [-0.2, 0) is 4.79 Å². The summed E-state index contributed by atoms with van der Waals surface area (Å²) in [4.78, 5) is 28.4. The van der Waals surface area contributed by atoms with Crippen molar-refractivity contribution >= 4 is 17.5 Å². The van der Waals surface area contributed by atoms with Crippen LogP contribution in [0.25, 0.3) is 0 Å². The van der Waals surface area contributed by atoms with Crippen LogP contribution in [0.15, 0.2) is 24.3 Å². The molecule has 132 valence electrons. The van der Waals surface area contributed by atoms with Gasteiger partial charge in [0.25, 0.3) is 5.91 Å². The lowest BCUT2D eigenvalue weighted by Gasteiger charge is -2.32. The summed E-state index contributed by atoms with van der Waals surface area (Å²) in [7, 11) is 3.92. The Kier molecular flexibility index (Phi) is 6.64. The Hall–Kier alpha value is -2.04. The van der Waals surface area contributed by atoms with Gasteiger partial charge in [-0.1, -0.05) is 19.4 Å². The first-order chi connectivity index (χ1) is 11.5. The minimum absolute atomic E-state index is 0.0329. The first kappa shape index (κ1) is 18.3. The van der Waals surface area contributed by atoms with Crippen LogP contribution >= 0.6 is 0 Å². The predicted octanol–water partition coefficient (Wildman–Crippen LogP) is 2.66. The van der Waals surface area contributed by atoms with Crippen molar-refractivity contribution in [1.29, 1.82) is 0 Å². The second-order valence-corrected chi connectivity index (χ2v) is 6.68. The highest BCUT2D eigenvalue weighted by atomic mass is 16.2. The maximum atomic E-state index is 12.4. The van der Waals surface area contributed by atoms with Gasteiger partial charge in [0, 0.05) is 50.9 Å². The van der Waals surface area contributed by atoms with E-state index in [1.54, 1.807) is 0 Å². The zero-order valence-corrected chi connectivity index (χ0v) is 15.0. The van der Waals surface area contributed by atoms with Crippen molar-refractivity contribution in [2.24, 2.45) is 0 Å². The molecule has 1 fully saturated rings. The monoisotopic (exact) mass is 331 g/mol. The van der Waals surface area contributed by atoms with Gasteiger partial charge in [0.2, 0.25) is 5.91 Å². The summed E-state index contributed by atoms with van der Waals surface area (Å²) in [5.74, 6) is 0.217. The SMILES string of the molecule is CCCCC(=O)N1CCC(NC(=O)c2cccc(N(C)C)c2)CC1. The smallest absolute Gasteiger partial charge is 0.251 e. The Morgan fingerprint density at radius 2 is 1.96 bits per heavy atom. The molecule has 24 heavy (non-hydrogen) atoms. The predicted molar refractivity (Wildman–Crippen MR) is 97.4 cm³/mol. The van der Waals surface area contributed by atoms with E-state index in [-0.39, 0.29) is 17.9 Å². The third kappa shape index (κ3) is 4.98. The van der Waals surface area contributed by atoms with Crippen LogP contribution in [-0.4, -0.2) is 49.9 Å². The number of hydrogen-bond acceptors (Lipinski definition) is 3. The largest absolute Gasteiger partial charge is 0.378 e. The number of rotatable bonds is 6. The van der Waals surface area contributed by atoms with Crippen molar-refractivity contribution in [2.75, 3.05) is 32.1 Å². The molecule has 0 radical (unpaired) electrons. The molecular weight excluding hydrogens is 302 g/mol. The molecule has 0 aliphatic carbocycles. The molecule has 1 saturated heterocycles. The van der Waals surface area contributed by atoms with Crippen LogP contribution in [0.1, 0.15) is 49.4 Å². The number of amides is 2. The average molecular weight is 331 g/mol. The number of piperidine rings is 1. The molecule has 5 nitrogen and oxygen atoms in total. The summed E-state index contributed by atoms with van der Waals surface area (Å²) in [6, 6.07) is 7.77. The number of carbonyl (C=O) groups excluding carboxylic acids is 2. The van der Waals surface area contributed by atoms with Crippen molar-refractivity contribution < 1.29 is 9.59 Å². The van der Waals surface area contributed by atoms with Crippen molar-refractivity contribution in [2.45, 2.75) is 45.1 Å². The second-order valence-electron chi connectivity index (χ2n) is 6.68. The molecule has 1 heterocycles. The fourth-order valence-electron chi connectivity index (χ4n) is 2.95. The molecule has 5 heteroatoms. The Morgan fingerprint density at radius 3 is 2.58 bits per heavy atom. The van der Waals surface area contributed by atoms with Crippen LogP contribution in [0.5, 0.6) is 0 Å². The number of nitrogens with one attached hydrogen (secondary N) is 1. The summed E-state index contributed by atoms with van der Waals surface area (Å²) >= 11 is 0. The maximum absolute atomic E-state index is 12.4. The van der Waals surface area contributed by atoms with Gasteiger partial charge in [0.1, 0.15) is 0 Å². The number of likely N-dealkylation sites (tertiary alicyclic amines) is 1. The summed E-state index contributed by atoms with van der Waals surface area (Å²) in [6.07, 6.45) is 4.31. The number of benzene rings is 1. The maximum Gasteiger partial charge on any atom is 0.251 e. The van der Waals surface area contributed by atoms with Crippen LogP contribution in [0, 0.1) is 0 Å². The first-order valence-electron chi connectivity index (χ1n) is 8.87. The number of unbranched alkanes of at least 4 members (excludes halogenated alkanes) is 1. The van der Waals surface area contributed by atoms with Crippen molar-refractivity contribution in [3.63, 3.8) is 0 Å². The van der Waals surface area contributed by atoms with E-state index in [1.165, 1.54) is 0 Å². The standard InChI is InChI=1S/C19H29N3O2/c1-4-5-9-18(23)22-12-10-16(11-13-22)20-19(24)15-7-6-8-17(14-15)21(2)3/h6-8,14,16H,4-5,9-13H2,1-3H3,(H,20,24). The van der Waals surface area contributed by atoms with Gasteiger partial charge < -0.3 is 15.1 Å². The zero-order chi connectivity index (χ0) is 17.5. The number of carbonyl (C=O) groups is 2. The van der Waals surface area contributed by atoms with E-state index in [2.05, 4.69) is 12.2 Å². The summed E-state index contributed by atoms with van der Waals surface area (Å²) in [5.41, 5.74) is 1.70. The second kappa shape index (κ2) is 8.71. The van der Waals surface area contributed by atoms with Gasteiger partial charge >= 0.3 is 0 Å². The normalized spacial score (nSPS) is 15.2. The quantitative estimate of drug-likeness (QED) is 0.872. The summed E-state index contributed by atoms with van der Waals surface area (Å²) in [5, 5.41) is 3.11. The molecule has 0 spiro atoms. The van der Waals surface area contributed by atoms with Gasteiger partial charge in [-0.2, -0.15) is 0 Å². The number of nitrogens with zero attached hydrogens (tertiary/aromatic N) is 2. The van der Waals surface area contributed by atoms with E-state index >= 15 is 0 Å². The van der Waals surface area contributed by atoms with E-state index in [9.17, 15) is 9.59 Å². The van der Waals surface area contributed by atoms with Gasteiger partial charge in [-0.25, -0.2) is 0 Å². The minimum atomic E-state index is -0.0329. The van der Waals surface area contributed by atoms with E-state index in [1.807, 2.05) is 48.2 Å². The van der Waals surface area contributed by atoms with Crippen molar-refractivity contribution in [3.8, 4) is 0 Å². The van der Waals surface area contributed by atoms with E-state index in [4.69, 9.17) is 0 Å². The third-order valence-corrected chi connectivity index (χ3v) is 4.55. The van der Waals surface area contributed by atoms with Gasteiger partial charge in [0.15, 0.2) is 0 Å². The first-order valence-corrected chi connectivity index (χ1v) is 8.87. The molecule has 0 saturated carbocycles. The molecule has 1 aromatic carbocycles. The lowest BCUT2D eigenvalue weighted by Crippen LogP contribution is -2.46. The zero-order valence-electron chi connectivity index (χ0n) is 15.0. The van der Waals surface area contributed by atoms with Crippen LogP contribution in [0.3, 0.4) is 0 Å². The van der Waals surface area contributed by atoms with Gasteiger partial charge in [0.05, 0.1) is 0 Å². The highest BCUT2D eigenvalue weighted by molar-refractivity contribution is 5.95. The Bertz CT molecular complexity index is 563. The lowest BCUT2D eigenvalue weighted by molar-refractivity contribution is -0.132. The highest BCUT2D eigenvalue weighted by Gasteiger charge is 2.23. The number of hydrogen-bond donors (Lipinski definition) is 1. The molecule has 1 aliphatic rings. The lowest BCUT2D eigenvalue weighted by atomic mass is 10.0. The third-order valence-electron chi connectivity index (χ3n) is 4.55. The van der Waals surface area contributed by atoms with Crippen LogP contribution < -0.4 is 10.2 Å². The Morgan fingerprint density at radius 1 is 1.25 bits per heavy atom. The summed E-state index contributed by atoms with van der Waals surface area (Å²) < 4.78 is 0. The van der Waals surface area contributed by atoms with Crippen LogP contribution in [0.4, 0.5) is 5.69 Å². The van der Waals surface area contributed by atoms with Crippen molar-refractivity contribution in [1.82, 2.24) is 10.2 Å². The van der Waals surface area contributed by atoms with Gasteiger partial charge in [-0.05, 0) is 37.5 Å². The molecule has 2 amide bonds. The summed E-state index contributed by atoms with van der Waals surface area (Å²) in [6.45, 7) is 3.58. The molecule has 1 aliphatic heterocycles. The van der Waals surface area contributed by atoms with Crippen LogP contribution in [0.2, 0.25) is 0 Å². The molecule has 1 N–H and O–H groups in total. The molecule has 2 rings (SSSR count). The molecular formula is C19H29N3O2. The molecule has 1 aromatic rings.